The minimum atomic E-state index is -5.71. The molecule has 1 aromatic carbocycles. The van der Waals surface area contributed by atoms with Crippen molar-refractivity contribution in [1.82, 2.24) is 5.32 Å². The Morgan fingerprint density at radius 3 is 2.04 bits per heavy atom. The molecule has 0 heterocycles. The number of rotatable bonds is 8. The third-order valence-electron chi connectivity index (χ3n) is 3.75. The number of quaternary nitrogens is 1. The van der Waals surface area contributed by atoms with E-state index in [0.29, 0.717) is 11.3 Å². The van der Waals surface area contributed by atoms with Crippen LogP contribution in [0.15, 0.2) is 24.3 Å². The molecule has 0 aliphatic rings. The molecule has 1 amide bonds. The highest BCUT2D eigenvalue weighted by molar-refractivity contribution is 5.76. The van der Waals surface area contributed by atoms with Crippen molar-refractivity contribution in [2.24, 2.45) is 0 Å². The number of carbonyl (C=O) groups excluding carboxylic acids is 1. The van der Waals surface area contributed by atoms with Crippen LogP contribution in [0.5, 0.6) is 5.75 Å². The van der Waals surface area contributed by atoms with E-state index in [4.69, 9.17) is 4.74 Å². The van der Waals surface area contributed by atoms with E-state index in [9.17, 15) is 31.1 Å². The van der Waals surface area contributed by atoms with E-state index < -0.39 is 36.9 Å². The Balaban J connectivity index is 2.98. The van der Waals surface area contributed by atoms with E-state index in [1.54, 1.807) is 24.3 Å². The first-order valence-corrected chi connectivity index (χ1v) is 7.88. The third kappa shape index (κ3) is 5.26. The van der Waals surface area contributed by atoms with E-state index in [1.165, 1.54) is 14.0 Å². The molecular weight excluding hydrogens is 366 g/mol. The summed E-state index contributed by atoms with van der Waals surface area (Å²) in [4.78, 5) is 11.5. The van der Waals surface area contributed by atoms with Crippen molar-refractivity contribution in [2.75, 3.05) is 13.7 Å². The average Bonchev–Trinajstić information content (AvgIpc) is 2.52. The van der Waals surface area contributed by atoms with Gasteiger partial charge in [-0.15, -0.1) is 0 Å². The van der Waals surface area contributed by atoms with Gasteiger partial charge in [0.1, 0.15) is 5.75 Å². The minimum Gasteiger partial charge on any atom is -0.497 e. The number of benzene rings is 1. The Morgan fingerprint density at radius 2 is 1.62 bits per heavy atom. The van der Waals surface area contributed by atoms with Crippen LogP contribution in [0, 0.1) is 0 Å². The lowest BCUT2D eigenvalue weighted by molar-refractivity contribution is -0.784. The number of ether oxygens (including phenoxy) is 1. The molecule has 0 radical (unpaired) electrons. The summed E-state index contributed by atoms with van der Waals surface area (Å²) in [6, 6.07) is 6.20. The van der Waals surface area contributed by atoms with Crippen LogP contribution in [0.25, 0.3) is 0 Å². The van der Waals surface area contributed by atoms with Crippen molar-refractivity contribution in [3.63, 3.8) is 0 Å². The standard InChI is InChI=1S/C16H20F6N2O2/c1-3-4-13(25)24-14(15(17,18)19,16(20,21)22)23-10-9-11-5-7-12(26-2)8-6-11/h5-8,23H,3-4,9-10H2,1-2H3,(H,24,25)/p+1. The van der Waals surface area contributed by atoms with Crippen molar-refractivity contribution >= 4 is 5.91 Å². The highest BCUT2D eigenvalue weighted by atomic mass is 19.4. The predicted octanol–water partition coefficient (Wildman–Crippen LogP) is 2.54. The molecule has 0 aliphatic carbocycles. The van der Waals surface area contributed by atoms with Crippen LogP contribution >= 0.6 is 0 Å². The number of alkyl halides is 6. The summed E-state index contributed by atoms with van der Waals surface area (Å²) >= 11 is 0. The molecule has 4 nitrogen and oxygen atoms in total. The van der Waals surface area contributed by atoms with Gasteiger partial charge in [0.05, 0.1) is 13.7 Å². The Kier molecular flexibility index (Phi) is 7.31. The van der Waals surface area contributed by atoms with E-state index >= 15 is 0 Å². The second kappa shape index (κ2) is 8.61. The lowest BCUT2D eigenvalue weighted by Crippen LogP contribution is -3.08. The quantitative estimate of drug-likeness (QED) is 0.532. The van der Waals surface area contributed by atoms with Crippen LogP contribution in [-0.4, -0.2) is 37.6 Å². The maximum absolute atomic E-state index is 13.3. The second-order valence-corrected chi connectivity index (χ2v) is 5.69. The smallest absolute Gasteiger partial charge is 0.475 e. The fourth-order valence-corrected chi connectivity index (χ4v) is 2.34. The van der Waals surface area contributed by atoms with Gasteiger partial charge >= 0.3 is 18.0 Å². The Bertz CT molecular complexity index is 570. The van der Waals surface area contributed by atoms with Crippen LogP contribution in [0.2, 0.25) is 0 Å². The maximum atomic E-state index is 13.3. The molecule has 1 rings (SSSR count). The largest absolute Gasteiger partial charge is 0.497 e. The molecule has 0 atom stereocenters. The Hall–Kier alpha value is -1.97. The van der Waals surface area contributed by atoms with E-state index in [0.717, 1.165) is 5.32 Å². The normalized spacial score (nSPS) is 12.8. The molecule has 0 fully saturated rings. The average molecular weight is 387 g/mol. The number of nitrogens with two attached hydrogens (primary N) is 1. The van der Waals surface area contributed by atoms with Crippen LogP contribution in [0.1, 0.15) is 25.3 Å². The molecular formula is C16H21F6N2O2+. The lowest BCUT2D eigenvalue weighted by Gasteiger charge is -2.35. The van der Waals surface area contributed by atoms with Gasteiger partial charge in [-0.05, 0) is 24.1 Å². The van der Waals surface area contributed by atoms with Crippen LogP contribution in [0.4, 0.5) is 26.3 Å². The van der Waals surface area contributed by atoms with Gasteiger partial charge in [-0.2, -0.15) is 26.3 Å². The second-order valence-electron chi connectivity index (χ2n) is 5.69. The number of hydrogen-bond donors (Lipinski definition) is 2. The molecule has 0 bridgehead atoms. The van der Waals surface area contributed by atoms with E-state index in [-0.39, 0.29) is 18.2 Å². The minimum absolute atomic E-state index is 0.0540. The molecule has 0 spiro atoms. The summed E-state index contributed by atoms with van der Waals surface area (Å²) in [6.45, 7) is 0.952. The van der Waals surface area contributed by atoms with Gasteiger partial charge < -0.3 is 10.1 Å². The molecule has 0 aliphatic heterocycles. The number of hydrogen-bond acceptors (Lipinski definition) is 2. The molecule has 3 N–H and O–H groups in total. The molecule has 26 heavy (non-hydrogen) atoms. The molecule has 0 unspecified atom stereocenters. The monoisotopic (exact) mass is 387 g/mol. The summed E-state index contributed by atoms with van der Waals surface area (Å²) in [6.07, 6.45) is -11.8. The molecule has 1 aromatic rings. The molecule has 10 heteroatoms. The number of halogens is 6. The summed E-state index contributed by atoms with van der Waals surface area (Å²) in [5.74, 6) is -0.785. The van der Waals surface area contributed by atoms with Gasteiger partial charge in [-0.3, -0.25) is 10.1 Å². The molecule has 0 aromatic heterocycles. The molecule has 0 saturated carbocycles. The summed E-state index contributed by atoms with van der Waals surface area (Å²) in [5, 5.41) is 1.24. The van der Waals surface area contributed by atoms with Gasteiger partial charge in [-0.1, -0.05) is 19.1 Å². The predicted molar refractivity (Wildman–Crippen MR) is 81.4 cm³/mol. The van der Waals surface area contributed by atoms with Gasteiger partial charge in [0.25, 0.3) is 0 Å². The third-order valence-corrected chi connectivity index (χ3v) is 3.75. The van der Waals surface area contributed by atoms with Crippen molar-refractivity contribution in [3.05, 3.63) is 29.8 Å². The van der Waals surface area contributed by atoms with Gasteiger partial charge in [0, 0.05) is 12.8 Å². The first-order chi connectivity index (χ1) is 12.0. The SMILES string of the molecule is CCCC(=O)NC([NH2+]CCc1ccc(OC)cc1)(C(F)(F)F)C(F)(F)F. The van der Waals surface area contributed by atoms with Crippen molar-refractivity contribution in [3.8, 4) is 5.75 Å². The Labute approximate surface area is 146 Å². The van der Waals surface area contributed by atoms with Crippen LogP contribution in [0.3, 0.4) is 0 Å². The highest BCUT2D eigenvalue weighted by Gasteiger charge is 2.76. The summed E-state index contributed by atoms with van der Waals surface area (Å²) in [7, 11) is 1.43. The topological polar surface area (TPSA) is 54.9 Å². The zero-order valence-electron chi connectivity index (χ0n) is 14.3. The van der Waals surface area contributed by atoms with Crippen LogP contribution < -0.4 is 15.4 Å². The highest BCUT2D eigenvalue weighted by Crippen LogP contribution is 2.38. The molecule has 148 valence electrons. The van der Waals surface area contributed by atoms with E-state index in [2.05, 4.69) is 0 Å². The van der Waals surface area contributed by atoms with E-state index in [1.807, 2.05) is 0 Å². The molecule has 0 saturated heterocycles. The number of carbonyl (C=O) groups is 1. The fraction of sp³-hybridized carbons (Fsp3) is 0.562. The first-order valence-electron chi connectivity index (χ1n) is 7.88. The fourth-order valence-electron chi connectivity index (χ4n) is 2.34. The van der Waals surface area contributed by atoms with Gasteiger partial charge in [0.2, 0.25) is 5.91 Å². The Morgan fingerprint density at radius 1 is 1.08 bits per heavy atom. The van der Waals surface area contributed by atoms with Crippen LogP contribution in [-0.2, 0) is 11.2 Å². The van der Waals surface area contributed by atoms with Crippen molar-refractivity contribution in [1.29, 1.82) is 0 Å². The number of methoxy groups -OCH3 is 1. The zero-order chi connectivity index (χ0) is 20.0. The van der Waals surface area contributed by atoms with Gasteiger partial charge in [-0.25, -0.2) is 0 Å². The van der Waals surface area contributed by atoms with Gasteiger partial charge in [0.15, 0.2) is 0 Å². The van der Waals surface area contributed by atoms with Crippen molar-refractivity contribution < 1.29 is 41.2 Å². The first kappa shape index (κ1) is 22.1. The summed E-state index contributed by atoms with van der Waals surface area (Å²) in [5.41, 5.74) is -3.83. The zero-order valence-corrected chi connectivity index (χ0v) is 14.3. The number of amides is 1. The van der Waals surface area contributed by atoms with Crippen molar-refractivity contribution in [2.45, 2.75) is 44.2 Å². The lowest BCUT2D eigenvalue weighted by atomic mass is 10.1. The summed E-state index contributed by atoms with van der Waals surface area (Å²) < 4.78 is 84.8. The number of nitrogens with one attached hydrogen (secondary N) is 1. The maximum Gasteiger partial charge on any atom is 0.475 e.